The summed E-state index contributed by atoms with van der Waals surface area (Å²) in [7, 11) is 4.59. The number of carbonyl (C=O) groups is 2. The molecule has 1 heterocycles. The Bertz CT molecular complexity index is 1760. The molecule has 0 radical (unpaired) electrons. The van der Waals surface area contributed by atoms with Crippen molar-refractivity contribution in [1.82, 2.24) is 9.78 Å². The number of carbonyl (C=O) groups excluding carboxylic acids is 2. The molecule has 10 heteroatoms. The topological polar surface area (TPSA) is 101 Å². The lowest BCUT2D eigenvalue weighted by atomic mass is 10.00. The van der Waals surface area contributed by atoms with Gasteiger partial charge in [-0.25, -0.2) is 0 Å². The molecule has 43 heavy (non-hydrogen) atoms. The van der Waals surface area contributed by atoms with Gasteiger partial charge in [-0.2, -0.15) is 9.78 Å². The van der Waals surface area contributed by atoms with Gasteiger partial charge in [0.05, 0.1) is 43.2 Å². The van der Waals surface area contributed by atoms with Crippen LogP contribution in [0, 0.1) is 0 Å². The third-order valence-corrected chi connectivity index (χ3v) is 6.90. The maximum atomic E-state index is 12.8. The number of nitrogens with zero attached hydrogens (tertiary/aromatic N) is 2. The second kappa shape index (κ2) is 12.7. The molecule has 1 amide bonds. The molecule has 0 aliphatic carbocycles. The van der Waals surface area contributed by atoms with Crippen molar-refractivity contribution in [3.05, 3.63) is 102 Å². The number of methoxy groups -OCH3 is 3. The molecule has 0 saturated heterocycles. The third-order valence-electron chi connectivity index (χ3n) is 6.57. The molecule has 0 saturated carbocycles. The van der Waals surface area contributed by atoms with Gasteiger partial charge in [0.2, 0.25) is 11.6 Å². The predicted octanol–water partition coefficient (Wildman–Crippen LogP) is 7.06. The zero-order valence-electron chi connectivity index (χ0n) is 23.9. The molecular formula is C33H28ClN3O6. The molecule has 4 aromatic carbocycles. The van der Waals surface area contributed by atoms with Gasteiger partial charge in [-0.05, 0) is 54.1 Å². The summed E-state index contributed by atoms with van der Waals surface area (Å²) in [6, 6.07) is 26.8. The zero-order chi connectivity index (χ0) is 30.5. The van der Waals surface area contributed by atoms with Gasteiger partial charge in [0.1, 0.15) is 5.69 Å². The summed E-state index contributed by atoms with van der Waals surface area (Å²) in [5.41, 5.74) is 3.93. The van der Waals surface area contributed by atoms with Gasteiger partial charge in [-0.1, -0.05) is 54.1 Å². The molecule has 0 spiro atoms. The van der Waals surface area contributed by atoms with Crippen LogP contribution in [-0.2, 0) is 4.79 Å². The van der Waals surface area contributed by atoms with E-state index in [9.17, 15) is 9.59 Å². The van der Waals surface area contributed by atoms with Crippen molar-refractivity contribution < 1.29 is 28.5 Å². The number of hydrogen-bond donors (Lipinski definition) is 1. The number of ether oxygens (including phenoxy) is 4. The summed E-state index contributed by atoms with van der Waals surface area (Å²) in [6.45, 7) is 1.33. The van der Waals surface area contributed by atoms with Crippen LogP contribution in [0.1, 0.15) is 17.3 Å². The monoisotopic (exact) mass is 597 g/mol. The van der Waals surface area contributed by atoms with Crippen LogP contribution in [0.3, 0.4) is 0 Å². The summed E-state index contributed by atoms with van der Waals surface area (Å²) in [5.74, 6) is 0.659. The van der Waals surface area contributed by atoms with Crippen molar-refractivity contribution in [2.45, 2.75) is 6.92 Å². The minimum absolute atomic E-state index is 0.218. The average molecular weight is 598 g/mol. The Balaban J connectivity index is 1.67. The highest BCUT2D eigenvalue weighted by Gasteiger charge is 2.26. The summed E-state index contributed by atoms with van der Waals surface area (Å²) in [6.07, 6.45) is 0. The van der Waals surface area contributed by atoms with Crippen LogP contribution in [-0.4, -0.2) is 43.0 Å². The number of para-hydroxylation sites is 1. The van der Waals surface area contributed by atoms with Crippen LogP contribution in [0.25, 0.3) is 28.1 Å². The summed E-state index contributed by atoms with van der Waals surface area (Å²) >= 11 is 6.20. The molecule has 0 unspecified atom stereocenters. The maximum absolute atomic E-state index is 12.8. The predicted molar refractivity (Wildman–Crippen MR) is 165 cm³/mol. The number of rotatable bonds is 9. The number of halogens is 1. The second-order valence-electron chi connectivity index (χ2n) is 9.30. The number of esters is 1. The molecule has 9 nitrogen and oxygen atoms in total. The van der Waals surface area contributed by atoms with Crippen molar-refractivity contribution in [2.75, 3.05) is 26.6 Å². The van der Waals surface area contributed by atoms with Gasteiger partial charge in [0.15, 0.2) is 11.5 Å². The van der Waals surface area contributed by atoms with E-state index in [2.05, 4.69) is 5.32 Å². The number of nitrogens with one attached hydrogen (secondary N) is 1. The van der Waals surface area contributed by atoms with Crippen LogP contribution in [0.5, 0.6) is 23.1 Å². The SMILES string of the molecule is COc1cc(-c2nn(-c3ccccc3)c(OC(C)=O)c2-c2ccc(NC(=O)c3ccccc3Cl)cc2)cc(OC)c1OC. The third kappa shape index (κ3) is 6.02. The standard InChI is InChI=1S/C33H28ClN3O6/c1-20(38)43-33-29(21-14-16-23(17-15-21)35-32(39)25-12-8-9-13-26(25)34)30(36-37(33)24-10-6-5-7-11-24)22-18-27(40-2)31(42-4)28(19-22)41-3/h5-19H,1-4H3,(H,35,39). The minimum Gasteiger partial charge on any atom is -0.493 e. The molecule has 5 aromatic rings. The van der Waals surface area contributed by atoms with Crippen molar-refractivity contribution in [3.63, 3.8) is 0 Å². The minimum atomic E-state index is -0.515. The molecular weight excluding hydrogens is 570 g/mol. The second-order valence-corrected chi connectivity index (χ2v) is 9.70. The Morgan fingerprint density at radius 1 is 0.791 bits per heavy atom. The van der Waals surface area contributed by atoms with E-state index in [0.29, 0.717) is 61.6 Å². The van der Waals surface area contributed by atoms with E-state index < -0.39 is 5.97 Å². The van der Waals surface area contributed by atoms with E-state index in [4.69, 9.17) is 35.6 Å². The molecule has 1 N–H and O–H groups in total. The molecule has 0 aliphatic rings. The Labute approximate surface area is 253 Å². The van der Waals surface area contributed by atoms with Crippen molar-refractivity contribution in [3.8, 4) is 51.2 Å². The van der Waals surface area contributed by atoms with E-state index in [1.54, 1.807) is 53.2 Å². The van der Waals surface area contributed by atoms with Crippen LogP contribution in [0.2, 0.25) is 5.02 Å². The Morgan fingerprint density at radius 3 is 2.00 bits per heavy atom. The lowest BCUT2D eigenvalue weighted by Crippen LogP contribution is -2.12. The van der Waals surface area contributed by atoms with Gasteiger partial charge in [0, 0.05) is 18.2 Å². The fourth-order valence-electron chi connectivity index (χ4n) is 4.62. The van der Waals surface area contributed by atoms with Crippen molar-refractivity contribution in [2.24, 2.45) is 0 Å². The van der Waals surface area contributed by atoms with Gasteiger partial charge < -0.3 is 24.3 Å². The highest BCUT2D eigenvalue weighted by Crippen LogP contribution is 2.46. The normalized spacial score (nSPS) is 10.6. The van der Waals surface area contributed by atoms with Gasteiger partial charge in [0.25, 0.3) is 5.91 Å². The van der Waals surface area contributed by atoms with E-state index in [1.807, 2.05) is 42.5 Å². The van der Waals surface area contributed by atoms with E-state index in [0.717, 1.165) is 0 Å². The van der Waals surface area contributed by atoms with Crippen molar-refractivity contribution >= 4 is 29.2 Å². The highest BCUT2D eigenvalue weighted by atomic mass is 35.5. The van der Waals surface area contributed by atoms with Crippen LogP contribution in [0.15, 0.2) is 91.0 Å². The van der Waals surface area contributed by atoms with E-state index in [1.165, 1.54) is 28.3 Å². The number of hydrogen-bond acceptors (Lipinski definition) is 7. The molecule has 1 aromatic heterocycles. The molecule has 0 fully saturated rings. The lowest BCUT2D eigenvalue weighted by Gasteiger charge is -2.14. The summed E-state index contributed by atoms with van der Waals surface area (Å²) in [4.78, 5) is 25.2. The number of amides is 1. The Kier molecular flexibility index (Phi) is 8.64. The zero-order valence-corrected chi connectivity index (χ0v) is 24.6. The smallest absolute Gasteiger partial charge is 0.309 e. The first-order chi connectivity index (χ1) is 20.8. The number of aromatic nitrogens is 2. The molecule has 0 bridgehead atoms. The quantitative estimate of drug-likeness (QED) is 0.181. The van der Waals surface area contributed by atoms with E-state index in [-0.39, 0.29) is 11.8 Å². The maximum Gasteiger partial charge on any atom is 0.309 e. The highest BCUT2D eigenvalue weighted by molar-refractivity contribution is 6.34. The van der Waals surface area contributed by atoms with Gasteiger partial charge in [-0.3, -0.25) is 9.59 Å². The molecule has 5 rings (SSSR count). The summed E-state index contributed by atoms with van der Waals surface area (Å²) < 4.78 is 24.1. The first-order valence-electron chi connectivity index (χ1n) is 13.2. The van der Waals surface area contributed by atoms with Crippen molar-refractivity contribution in [1.29, 1.82) is 0 Å². The first-order valence-corrected chi connectivity index (χ1v) is 13.6. The Morgan fingerprint density at radius 2 is 1.42 bits per heavy atom. The number of anilines is 1. The summed E-state index contributed by atoms with van der Waals surface area (Å²) in [5, 5.41) is 8.13. The van der Waals surface area contributed by atoms with Gasteiger partial charge in [-0.15, -0.1) is 0 Å². The molecule has 0 aliphatic heterocycles. The lowest BCUT2D eigenvalue weighted by molar-refractivity contribution is -0.132. The fourth-order valence-corrected chi connectivity index (χ4v) is 4.84. The largest absolute Gasteiger partial charge is 0.493 e. The first kappa shape index (κ1) is 29.2. The average Bonchev–Trinajstić information content (AvgIpc) is 3.39. The van der Waals surface area contributed by atoms with Gasteiger partial charge >= 0.3 is 5.97 Å². The fraction of sp³-hybridized carbons (Fsp3) is 0.121. The molecule has 0 atom stereocenters. The molecule has 218 valence electrons. The van der Waals surface area contributed by atoms with E-state index >= 15 is 0 Å². The van der Waals surface area contributed by atoms with Crippen LogP contribution < -0.4 is 24.3 Å². The van der Waals surface area contributed by atoms with Crippen LogP contribution >= 0.6 is 11.6 Å². The Hall–Kier alpha value is -5.28. The number of benzene rings is 4. The van der Waals surface area contributed by atoms with Crippen LogP contribution in [0.4, 0.5) is 5.69 Å².